The van der Waals surface area contributed by atoms with E-state index in [-0.39, 0.29) is 23.1 Å². The Bertz CT molecular complexity index is 798. The van der Waals surface area contributed by atoms with Gasteiger partial charge in [-0.15, -0.1) is 11.8 Å². The van der Waals surface area contributed by atoms with E-state index in [4.69, 9.17) is 0 Å². The van der Waals surface area contributed by atoms with Crippen molar-refractivity contribution < 1.29 is 9.18 Å². The zero-order chi connectivity index (χ0) is 18.9. The Labute approximate surface area is 164 Å². The largest absolute Gasteiger partial charge is 0.326 e. The van der Waals surface area contributed by atoms with Crippen molar-refractivity contribution in [2.45, 2.75) is 30.7 Å². The summed E-state index contributed by atoms with van der Waals surface area (Å²) >= 11 is 1.70. The Morgan fingerprint density at radius 1 is 1.15 bits per heavy atom. The summed E-state index contributed by atoms with van der Waals surface area (Å²) < 4.78 is 13.0. The molecule has 3 nitrogen and oxygen atoms in total. The van der Waals surface area contributed by atoms with E-state index in [1.807, 2.05) is 42.7 Å². The number of carbonyl (C=O) groups excluding carboxylic acids is 1. The summed E-state index contributed by atoms with van der Waals surface area (Å²) in [5.74, 6) is 0.121. The van der Waals surface area contributed by atoms with E-state index in [1.54, 1.807) is 11.8 Å². The van der Waals surface area contributed by atoms with Gasteiger partial charge in [0.2, 0.25) is 5.91 Å². The molecule has 2 fully saturated rings. The zero-order valence-electron chi connectivity index (χ0n) is 15.6. The van der Waals surface area contributed by atoms with Crippen LogP contribution in [-0.4, -0.2) is 30.2 Å². The van der Waals surface area contributed by atoms with Crippen LogP contribution >= 0.6 is 11.8 Å². The van der Waals surface area contributed by atoms with Gasteiger partial charge in [-0.1, -0.05) is 12.1 Å². The molecule has 1 aliphatic heterocycles. The van der Waals surface area contributed by atoms with Crippen molar-refractivity contribution in [3.8, 4) is 0 Å². The van der Waals surface area contributed by atoms with Crippen molar-refractivity contribution in [1.82, 2.24) is 4.90 Å². The van der Waals surface area contributed by atoms with Crippen molar-refractivity contribution in [2.24, 2.45) is 11.3 Å². The first-order valence-corrected chi connectivity index (χ1v) is 10.7. The van der Waals surface area contributed by atoms with Gasteiger partial charge < -0.3 is 5.32 Å². The van der Waals surface area contributed by atoms with Gasteiger partial charge in [-0.3, -0.25) is 9.69 Å². The fourth-order valence-electron chi connectivity index (χ4n) is 4.18. The quantitative estimate of drug-likeness (QED) is 0.753. The van der Waals surface area contributed by atoms with Crippen LogP contribution in [0.3, 0.4) is 0 Å². The zero-order valence-corrected chi connectivity index (χ0v) is 16.4. The minimum absolute atomic E-state index is 0.144. The standard InChI is InChI=1S/C22H25FN2OS/c1-27-19-8-6-18(7-9-19)24-21(26)20-14-22(20)10-12-25(13-11-22)15-16-2-4-17(23)5-3-16/h2-9,20H,10-15H2,1H3,(H,24,26). The molecular formula is C22H25FN2OS. The third-order valence-electron chi connectivity index (χ3n) is 6.04. The molecule has 1 unspecified atom stereocenters. The number of halogens is 1. The second-order valence-corrected chi connectivity index (χ2v) is 8.62. The highest BCUT2D eigenvalue weighted by atomic mass is 32.2. The van der Waals surface area contributed by atoms with E-state index in [9.17, 15) is 9.18 Å². The van der Waals surface area contributed by atoms with Gasteiger partial charge in [-0.2, -0.15) is 0 Å². The van der Waals surface area contributed by atoms with Crippen LogP contribution in [0.15, 0.2) is 53.4 Å². The molecule has 5 heteroatoms. The van der Waals surface area contributed by atoms with Gasteiger partial charge in [0.25, 0.3) is 0 Å². The minimum Gasteiger partial charge on any atom is -0.326 e. The molecule has 0 bridgehead atoms. The lowest BCUT2D eigenvalue weighted by Gasteiger charge is -2.32. The third kappa shape index (κ3) is 4.19. The first-order chi connectivity index (χ1) is 13.1. The number of nitrogens with zero attached hydrogens (tertiary/aromatic N) is 1. The average molecular weight is 385 g/mol. The van der Waals surface area contributed by atoms with Crippen molar-refractivity contribution in [2.75, 3.05) is 24.7 Å². The summed E-state index contributed by atoms with van der Waals surface area (Å²) in [5.41, 5.74) is 2.22. The SMILES string of the molecule is CSc1ccc(NC(=O)C2CC23CCN(Cc2ccc(F)cc2)CC3)cc1. The number of rotatable bonds is 5. The first-order valence-electron chi connectivity index (χ1n) is 9.50. The van der Waals surface area contributed by atoms with Gasteiger partial charge in [0.05, 0.1) is 0 Å². The highest BCUT2D eigenvalue weighted by Crippen LogP contribution is 2.59. The highest BCUT2D eigenvalue weighted by molar-refractivity contribution is 7.98. The molecule has 2 aromatic rings. The van der Waals surface area contributed by atoms with Crippen LogP contribution in [0.2, 0.25) is 0 Å². The molecule has 0 radical (unpaired) electrons. The number of benzene rings is 2. The molecule has 142 valence electrons. The van der Waals surface area contributed by atoms with Crippen LogP contribution < -0.4 is 5.32 Å². The van der Waals surface area contributed by atoms with Gasteiger partial charge in [0.1, 0.15) is 5.82 Å². The number of carbonyl (C=O) groups is 1. The van der Waals surface area contributed by atoms with Crippen LogP contribution in [0, 0.1) is 17.2 Å². The molecular weight excluding hydrogens is 359 g/mol. The minimum atomic E-state index is -0.189. The normalized spacial score (nSPS) is 21.2. The molecule has 1 saturated heterocycles. The van der Waals surface area contributed by atoms with E-state index < -0.39 is 0 Å². The number of hydrogen-bond donors (Lipinski definition) is 1. The summed E-state index contributed by atoms with van der Waals surface area (Å²) in [6.45, 7) is 2.86. The van der Waals surface area contributed by atoms with Crippen molar-refractivity contribution >= 4 is 23.4 Å². The second kappa shape index (κ2) is 7.64. The molecule has 2 aromatic carbocycles. The Balaban J connectivity index is 1.28. The van der Waals surface area contributed by atoms with E-state index >= 15 is 0 Å². The molecule has 27 heavy (non-hydrogen) atoms. The van der Waals surface area contributed by atoms with Crippen LogP contribution in [0.25, 0.3) is 0 Å². The Hall–Kier alpha value is -1.85. The Morgan fingerprint density at radius 3 is 2.44 bits per heavy atom. The lowest BCUT2D eigenvalue weighted by atomic mass is 9.90. The van der Waals surface area contributed by atoms with Crippen LogP contribution in [0.4, 0.5) is 10.1 Å². The lowest BCUT2D eigenvalue weighted by molar-refractivity contribution is -0.118. The number of hydrogen-bond acceptors (Lipinski definition) is 3. The van der Waals surface area contributed by atoms with E-state index in [0.717, 1.165) is 50.1 Å². The lowest BCUT2D eigenvalue weighted by Crippen LogP contribution is -2.35. The molecule has 1 aliphatic carbocycles. The van der Waals surface area contributed by atoms with Gasteiger partial charge >= 0.3 is 0 Å². The molecule has 1 N–H and O–H groups in total. The fourth-order valence-corrected chi connectivity index (χ4v) is 4.59. The number of nitrogens with one attached hydrogen (secondary N) is 1. The number of likely N-dealkylation sites (tertiary alicyclic amines) is 1. The molecule has 1 amide bonds. The Morgan fingerprint density at radius 2 is 1.81 bits per heavy atom. The highest BCUT2D eigenvalue weighted by Gasteiger charge is 2.58. The van der Waals surface area contributed by atoms with E-state index in [0.29, 0.717) is 0 Å². The molecule has 4 rings (SSSR count). The summed E-state index contributed by atoms with van der Waals surface area (Å²) in [6, 6.07) is 14.8. The summed E-state index contributed by atoms with van der Waals surface area (Å²) in [5, 5.41) is 3.09. The number of anilines is 1. The second-order valence-electron chi connectivity index (χ2n) is 7.74. The number of piperidine rings is 1. The molecule has 1 saturated carbocycles. The topological polar surface area (TPSA) is 32.3 Å². The maximum Gasteiger partial charge on any atom is 0.228 e. The number of amides is 1. The molecule has 1 spiro atoms. The summed E-state index contributed by atoms with van der Waals surface area (Å²) in [6.07, 6.45) is 5.19. The van der Waals surface area contributed by atoms with Crippen molar-refractivity contribution in [1.29, 1.82) is 0 Å². The van der Waals surface area contributed by atoms with Crippen LogP contribution in [0.5, 0.6) is 0 Å². The first kappa shape index (κ1) is 18.5. The van der Waals surface area contributed by atoms with Crippen molar-refractivity contribution in [3.63, 3.8) is 0 Å². The maximum atomic E-state index is 13.0. The molecule has 2 aliphatic rings. The molecule has 1 heterocycles. The predicted molar refractivity (Wildman–Crippen MR) is 108 cm³/mol. The molecule has 1 atom stereocenters. The Kier molecular flexibility index (Phi) is 5.24. The van der Waals surface area contributed by atoms with Crippen LogP contribution in [0.1, 0.15) is 24.8 Å². The van der Waals surface area contributed by atoms with Crippen molar-refractivity contribution in [3.05, 3.63) is 59.9 Å². The summed E-state index contributed by atoms with van der Waals surface area (Å²) in [7, 11) is 0. The maximum absolute atomic E-state index is 13.0. The third-order valence-corrected chi connectivity index (χ3v) is 6.78. The predicted octanol–water partition coefficient (Wildman–Crippen LogP) is 4.79. The van der Waals surface area contributed by atoms with Gasteiger partial charge in [-0.05, 0) is 86.0 Å². The fraction of sp³-hybridized carbons (Fsp3) is 0.409. The van der Waals surface area contributed by atoms with E-state index in [1.165, 1.54) is 17.0 Å². The average Bonchev–Trinajstić information content (AvgIpc) is 3.40. The van der Waals surface area contributed by atoms with Gasteiger partial charge in [0, 0.05) is 23.0 Å². The van der Waals surface area contributed by atoms with E-state index in [2.05, 4.69) is 10.2 Å². The number of thioether (sulfide) groups is 1. The van der Waals surface area contributed by atoms with Crippen LogP contribution in [-0.2, 0) is 11.3 Å². The van der Waals surface area contributed by atoms with Gasteiger partial charge in [-0.25, -0.2) is 4.39 Å². The van der Waals surface area contributed by atoms with Gasteiger partial charge in [0.15, 0.2) is 0 Å². The smallest absolute Gasteiger partial charge is 0.228 e. The summed E-state index contributed by atoms with van der Waals surface area (Å²) in [4.78, 5) is 16.2. The monoisotopic (exact) mass is 384 g/mol. The molecule has 0 aromatic heterocycles.